The Bertz CT molecular complexity index is 301. The molecule has 0 aliphatic heterocycles. The number of carboxylic acid groups (broad SMARTS) is 1. The number of aliphatic carboxylic acids is 1. The van der Waals surface area contributed by atoms with Gasteiger partial charge in [-0.1, -0.05) is 55.7 Å². The van der Waals surface area contributed by atoms with Crippen LogP contribution in [-0.4, -0.2) is 11.1 Å². The highest BCUT2D eigenvalue weighted by molar-refractivity contribution is 5.66. The molecule has 0 saturated heterocycles. The van der Waals surface area contributed by atoms with Crippen molar-refractivity contribution in [2.75, 3.05) is 0 Å². The molecule has 0 aromatic heterocycles. The molecule has 2 nitrogen and oxygen atoms in total. The zero-order valence-corrected chi connectivity index (χ0v) is 12.9. The quantitative estimate of drug-likeness (QED) is 0.348. The van der Waals surface area contributed by atoms with Crippen LogP contribution in [0.1, 0.15) is 71.1 Å². The molecule has 0 fully saturated rings. The lowest BCUT2D eigenvalue weighted by molar-refractivity contribution is -0.137. The van der Waals surface area contributed by atoms with Gasteiger partial charge in [0.15, 0.2) is 0 Å². The Kier molecular flexibility index (Phi) is 14.7. The minimum atomic E-state index is -0.674. The lowest BCUT2D eigenvalue weighted by atomic mass is 10.1. The van der Waals surface area contributed by atoms with E-state index in [2.05, 4.69) is 43.4 Å². The van der Waals surface area contributed by atoms with E-state index in [4.69, 9.17) is 5.11 Å². The minimum Gasteiger partial charge on any atom is -0.481 e. The van der Waals surface area contributed by atoms with Gasteiger partial charge in [-0.05, 0) is 45.4 Å². The van der Waals surface area contributed by atoms with Crippen LogP contribution >= 0.6 is 0 Å². The molecule has 0 atom stereocenters. The van der Waals surface area contributed by atoms with Crippen LogP contribution in [0.3, 0.4) is 0 Å². The van der Waals surface area contributed by atoms with E-state index in [0.29, 0.717) is 6.42 Å². The maximum atomic E-state index is 10.3. The van der Waals surface area contributed by atoms with Gasteiger partial charge in [0, 0.05) is 6.42 Å². The van der Waals surface area contributed by atoms with Crippen molar-refractivity contribution in [3.63, 3.8) is 0 Å². The fraction of sp³-hybridized carbons (Fsp3) is 0.611. The summed E-state index contributed by atoms with van der Waals surface area (Å²) in [4.78, 5) is 10.3. The van der Waals surface area contributed by atoms with E-state index >= 15 is 0 Å². The first-order chi connectivity index (χ1) is 9.77. The first kappa shape index (κ1) is 18.7. The number of hydrogen-bond acceptors (Lipinski definition) is 1. The van der Waals surface area contributed by atoms with Crippen molar-refractivity contribution in [1.29, 1.82) is 0 Å². The van der Waals surface area contributed by atoms with Gasteiger partial charge in [0.2, 0.25) is 0 Å². The SMILES string of the molecule is CC=CCCC=CCC=CCCCCCCCC(=O)O. The summed E-state index contributed by atoms with van der Waals surface area (Å²) in [6.45, 7) is 2.05. The highest BCUT2D eigenvalue weighted by Crippen LogP contribution is 2.07. The summed E-state index contributed by atoms with van der Waals surface area (Å²) in [7, 11) is 0. The monoisotopic (exact) mass is 278 g/mol. The third kappa shape index (κ3) is 16.7. The molecule has 0 saturated carbocycles. The van der Waals surface area contributed by atoms with Crippen molar-refractivity contribution in [3.05, 3.63) is 36.5 Å². The summed E-state index contributed by atoms with van der Waals surface area (Å²) in [6.07, 6.45) is 23.5. The molecule has 2 heteroatoms. The highest BCUT2D eigenvalue weighted by atomic mass is 16.4. The highest BCUT2D eigenvalue weighted by Gasteiger charge is 1.95. The Morgan fingerprint density at radius 2 is 1.40 bits per heavy atom. The topological polar surface area (TPSA) is 37.3 Å². The molecule has 0 radical (unpaired) electrons. The Morgan fingerprint density at radius 3 is 2.10 bits per heavy atom. The van der Waals surface area contributed by atoms with Crippen LogP contribution < -0.4 is 0 Å². The van der Waals surface area contributed by atoms with E-state index in [9.17, 15) is 4.79 Å². The van der Waals surface area contributed by atoms with Crippen LogP contribution in [0.25, 0.3) is 0 Å². The number of carboxylic acids is 1. The van der Waals surface area contributed by atoms with Gasteiger partial charge in [-0.3, -0.25) is 4.79 Å². The molecule has 1 N–H and O–H groups in total. The Morgan fingerprint density at radius 1 is 0.800 bits per heavy atom. The minimum absolute atomic E-state index is 0.320. The lowest BCUT2D eigenvalue weighted by Crippen LogP contribution is -1.93. The smallest absolute Gasteiger partial charge is 0.303 e. The Balaban J connectivity index is 3.21. The third-order valence-corrected chi connectivity index (χ3v) is 3.10. The van der Waals surface area contributed by atoms with Crippen molar-refractivity contribution in [2.45, 2.75) is 71.1 Å². The maximum absolute atomic E-state index is 10.3. The van der Waals surface area contributed by atoms with Crippen molar-refractivity contribution in [3.8, 4) is 0 Å². The van der Waals surface area contributed by atoms with Crippen LogP contribution in [0.15, 0.2) is 36.5 Å². The molecular weight excluding hydrogens is 248 g/mol. The molecular formula is C18H30O2. The first-order valence-corrected chi connectivity index (χ1v) is 7.90. The first-order valence-electron chi connectivity index (χ1n) is 7.90. The summed E-state index contributed by atoms with van der Waals surface area (Å²) in [6, 6.07) is 0. The van der Waals surface area contributed by atoms with E-state index in [0.717, 1.165) is 44.9 Å². The Hall–Kier alpha value is -1.31. The molecule has 0 heterocycles. The zero-order chi connectivity index (χ0) is 14.9. The van der Waals surface area contributed by atoms with E-state index in [1.165, 1.54) is 12.8 Å². The van der Waals surface area contributed by atoms with Gasteiger partial charge in [0.25, 0.3) is 0 Å². The van der Waals surface area contributed by atoms with Gasteiger partial charge in [0.1, 0.15) is 0 Å². The molecule has 0 amide bonds. The van der Waals surface area contributed by atoms with Gasteiger partial charge < -0.3 is 5.11 Å². The van der Waals surface area contributed by atoms with Crippen LogP contribution in [0.4, 0.5) is 0 Å². The average Bonchev–Trinajstić information content (AvgIpc) is 2.43. The van der Waals surface area contributed by atoms with E-state index in [1.807, 2.05) is 0 Å². The van der Waals surface area contributed by atoms with E-state index < -0.39 is 5.97 Å². The molecule has 0 bridgehead atoms. The van der Waals surface area contributed by atoms with Crippen molar-refractivity contribution in [1.82, 2.24) is 0 Å². The predicted molar refractivity (Wildman–Crippen MR) is 86.9 cm³/mol. The fourth-order valence-corrected chi connectivity index (χ4v) is 1.93. The largest absolute Gasteiger partial charge is 0.481 e. The molecule has 0 aliphatic carbocycles. The fourth-order valence-electron chi connectivity index (χ4n) is 1.93. The predicted octanol–water partition coefficient (Wildman–Crippen LogP) is 5.66. The molecule has 0 spiro atoms. The van der Waals surface area contributed by atoms with Gasteiger partial charge >= 0.3 is 5.97 Å². The number of hydrogen-bond donors (Lipinski definition) is 1. The van der Waals surface area contributed by atoms with Gasteiger partial charge in [-0.15, -0.1) is 0 Å². The molecule has 0 aromatic carbocycles. The Labute approximate surface area is 124 Å². The summed E-state index contributed by atoms with van der Waals surface area (Å²) in [5, 5.41) is 8.50. The number of carbonyl (C=O) groups is 1. The molecule has 20 heavy (non-hydrogen) atoms. The maximum Gasteiger partial charge on any atom is 0.303 e. The number of rotatable bonds is 13. The standard InChI is InChI=1S/C18H30O2/c1-2-3-4-5-6-7-8-9-10-11-12-13-14-15-16-17-18(19)20/h2-3,6-7,9-10H,4-5,8,11-17H2,1H3,(H,19,20). The average molecular weight is 278 g/mol. The lowest BCUT2D eigenvalue weighted by Gasteiger charge is -1.98. The summed E-state index contributed by atoms with van der Waals surface area (Å²) in [5.74, 6) is -0.674. The molecule has 0 aromatic rings. The third-order valence-electron chi connectivity index (χ3n) is 3.10. The second-order valence-corrected chi connectivity index (χ2v) is 5.03. The number of unbranched alkanes of at least 4 members (excludes halogenated alkanes) is 6. The van der Waals surface area contributed by atoms with E-state index in [-0.39, 0.29) is 0 Å². The normalized spacial score (nSPS) is 12.1. The molecule has 114 valence electrons. The number of allylic oxidation sites excluding steroid dienone is 6. The summed E-state index contributed by atoms with van der Waals surface area (Å²) in [5.41, 5.74) is 0. The van der Waals surface area contributed by atoms with Crippen molar-refractivity contribution in [2.24, 2.45) is 0 Å². The molecule has 0 unspecified atom stereocenters. The van der Waals surface area contributed by atoms with Gasteiger partial charge in [0.05, 0.1) is 0 Å². The molecule has 0 rings (SSSR count). The van der Waals surface area contributed by atoms with Gasteiger partial charge in [-0.25, -0.2) is 0 Å². The van der Waals surface area contributed by atoms with Crippen LogP contribution in [0, 0.1) is 0 Å². The van der Waals surface area contributed by atoms with Crippen molar-refractivity contribution >= 4 is 5.97 Å². The second kappa shape index (κ2) is 15.7. The van der Waals surface area contributed by atoms with E-state index in [1.54, 1.807) is 0 Å². The van der Waals surface area contributed by atoms with Crippen LogP contribution in [-0.2, 0) is 4.79 Å². The molecule has 0 aliphatic rings. The van der Waals surface area contributed by atoms with Crippen LogP contribution in [0.2, 0.25) is 0 Å². The van der Waals surface area contributed by atoms with Crippen molar-refractivity contribution < 1.29 is 9.90 Å². The summed E-state index contributed by atoms with van der Waals surface area (Å²) < 4.78 is 0. The second-order valence-electron chi connectivity index (χ2n) is 5.03. The summed E-state index contributed by atoms with van der Waals surface area (Å²) >= 11 is 0. The zero-order valence-electron chi connectivity index (χ0n) is 12.9. The van der Waals surface area contributed by atoms with Crippen LogP contribution in [0.5, 0.6) is 0 Å². The van der Waals surface area contributed by atoms with Gasteiger partial charge in [-0.2, -0.15) is 0 Å².